The fourth-order valence-electron chi connectivity index (χ4n) is 3.80. The summed E-state index contributed by atoms with van der Waals surface area (Å²) in [5, 5.41) is 5.77. The van der Waals surface area contributed by atoms with Crippen LogP contribution in [-0.4, -0.2) is 52.2 Å². The van der Waals surface area contributed by atoms with Gasteiger partial charge in [0.15, 0.2) is 5.69 Å². The second-order valence-corrected chi connectivity index (χ2v) is 8.39. The van der Waals surface area contributed by atoms with E-state index in [4.69, 9.17) is 16.3 Å². The van der Waals surface area contributed by atoms with Gasteiger partial charge in [-0.15, -0.1) is 0 Å². The molecule has 1 aliphatic heterocycles. The Morgan fingerprint density at radius 2 is 1.94 bits per heavy atom. The van der Waals surface area contributed by atoms with E-state index in [9.17, 15) is 14.4 Å². The van der Waals surface area contributed by atoms with Crippen LogP contribution in [0.2, 0.25) is 5.02 Å². The first-order valence-corrected chi connectivity index (χ1v) is 11.6. The molecule has 3 aromatic rings. The quantitative estimate of drug-likeness (QED) is 0.407. The van der Waals surface area contributed by atoms with Crippen molar-refractivity contribution in [1.82, 2.24) is 19.5 Å². The molecule has 1 saturated heterocycles. The minimum Gasteiger partial charge on any atom is -0.383 e. The molecule has 1 fully saturated rings. The highest BCUT2D eigenvalue weighted by molar-refractivity contribution is 6.34. The molecule has 35 heavy (non-hydrogen) atoms. The third-order valence-corrected chi connectivity index (χ3v) is 5.87. The number of carbonyl (C=O) groups excluding carboxylic acids is 1. The van der Waals surface area contributed by atoms with E-state index in [1.54, 1.807) is 0 Å². The highest BCUT2D eigenvalue weighted by atomic mass is 35.5. The summed E-state index contributed by atoms with van der Waals surface area (Å²) in [6.07, 6.45) is 3.41. The topological polar surface area (TPSA) is 134 Å². The van der Waals surface area contributed by atoms with Crippen LogP contribution in [-0.2, 0) is 17.8 Å². The number of ether oxygens (including phenoxy) is 1. The lowest BCUT2D eigenvalue weighted by atomic mass is 10.2. The number of rotatable bonds is 9. The van der Waals surface area contributed by atoms with Crippen molar-refractivity contribution < 1.29 is 9.53 Å². The van der Waals surface area contributed by atoms with Crippen LogP contribution in [0, 0.1) is 0 Å². The van der Waals surface area contributed by atoms with E-state index in [2.05, 4.69) is 25.6 Å². The number of aromatic nitrogens is 4. The number of nitrogens with one attached hydrogen (secondary N) is 3. The van der Waals surface area contributed by atoms with Gasteiger partial charge in [0.25, 0.3) is 11.5 Å². The normalized spacial score (nSPS) is 13.1. The van der Waals surface area contributed by atoms with E-state index in [0.29, 0.717) is 12.5 Å². The van der Waals surface area contributed by atoms with E-state index in [1.807, 2.05) is 35.2 Å². The van der Waals surface area contributed by atoms with Gasteiger partial charge in [0.2, 0.25) is 5.95 Å². The zero-order valence-electron chi connectivity index (χ0n) is 19.2. The second kappa shape index (κ2) is 11.2. The summed E-state index contributed by atoms with van der Waals surface area (Å²) in [5.41, 5.74) is -0.458. The molecular weight excluding hydrogens is 474 g/mol. The third kappa shape index (κ3) is 5.69. The minimum absolute atomic E-state index is 0.00543. The van der Waals surface area contributed by atoms with Crippen LogP contribution in [0.15, 0.2) is 46.1 Å². The Labute approximate surface area is 206 Å². The van der Waals surface area contributed by atoms with E-state index >= 15 is 0 Å². The number of benzene rings is 1. The molecule has 2 aromatic heterocycles. The standard InChI is InChI=1S/C23H26ClN7O4/c1-35-12-11-31-19(18(21(33)29-23(31)34)25-13-15-7-3-2-4-8-15)28-20(32)17-16(24)14-26-22(27-17)30-9-5-6-10-30/h2-4,7-8,14,25H,5-6,9-13H2,1H3,(H,28,32)(H,29,33,34). The molecule has 184 valence electrons. The van der Waals surface area contributed by atoms with Crippen molar-refractivity contribution in [1.29, 1.82) is 0 Å². The lowest BCUT2D eigenvalue weighted by Gasteiger charge is -2.19. The van der Waals surface area contributed by atoms with Crippen LogP contribution in [0.1, 0.15) is 28.9 Å². The van der Waals surface area contributed by atoms with Crippen molar-refractivity contribution in [2.45, 2.75) is 25.9 Å². The van der Waals surface area contributed by atoms with Crippen LogP contribution in [0.5, 0.6) is 0 Å². The lowest BCUT2D eigenvalue weighted by Crippen LogP contribution is -2.36. The second-order valence-electron chi connectivity index (χ2n) is 7.98. The molecule has 12 heteroatoms. The fraction of sp³-hybridized carbons (Fsp3) is 0.348. The number of nitrogens with zero attached hydrogens (tertiary/aromatic N) is 4. The molecule has 1 aromatic carbocycles. The van der Waals surface area contributed by atoms with Crippen molar-refractivity contribution in [3.05, 3.63) is 73.6 Å². The number of anilines is 3. The summed E-state index contributed by atoms with van der Waals surface area (Å²) < 4.78 is 6.33. The average Bonchev–Trinajstić information content (AvgIpc) is 3.39. The van der Waals surface area contributed by atoms with Crippen LogP contribution >= 0.6 is 11.6 Å². The first kappa shape index (κ1) is 24.4. The van der Waals surface area contributed by atoms with Gasteiger partial charge in [0.1, 0.15) is 11.5 Å². The van der Waals surface area contributed by atoms with Gasteiger partial charge >= 0.3 is 5.69 Å². The van der Waals surface area contributed by atoms with Gasteiger partial charge in [-0.1, -0.05) is 41.9 Å². The molecule has 0 unspecified atom stereocenters. The molecular formula is C23H26ClN7O4. The zero-order chi connectivity index (χ0) is 24.8. The molecule has 3 heterocycles. The molecule has 0 saturated carbocycles. The Morgan fingerprint density at radius 1 is 1.20 bits per heavy atom. The van der Waals surface area contributed by atoms with Crippen molar-refractivity contribution in [2.75, 3.05) is 42.3 Å². The molecule has 11 nitrogen and oxygen atoms in total. The number of halogens is 1. The number of H-pyrrole nitrogens is 1. The molecule has 1 amide bonds. The Morgan fingerprint density at radius 3 is 2.66 bits per heavy atom. The van der Waals surface area contributed by atoms with Gasteiger partial charge in [-0.3, -0.25) is 19.1 Å². The maximum absolute atomic E-state index is 13.3. The average molecular weight is 500 g/mol. The van der Waals surface area contributed by atoms with Gasteiger partial charge in [-0.25, -0.2) is 14.8 Å². The molecule has 4 rings (SSSR count). The first-order chi connectivity index (χ1) is 17.0. The monoisotopic (exact) mass is 499 g/mol. The van der Waals surface area contributed by atoms with Crippen LogP contribution in [0.3, 0.4) is 0 Å². The number of hydrogen-bond donors (Lipinski definition) is 3. The third-order valence-electron chi connectivity index (χ3n) is 5.60. The number of aromatic amines is 1. The Kier molecular flexibility index (Phi) is 7.78. The number of methoxy groups -OCH3 is 1. The van der Waals surface area contributed by atoms with Crippen LogP contribution < -0.4 is 26.8 Å². The van der Waals surface area contributed by atoms with Crippen LogP contribution in [0.25, 0.3) is 0 Å². The molecule has 0 spiro atoms. The Balaban J connectivity index is 1.70. The first-order valence-electron chi connectivity index (χ1n) is 11.2. The van der Waals surface area contributed by atoms with E-state index in [0.717, 1.165) is 31.5 Å². The smallest absolute Gasteiger partial charge is 0.330 e. The van der Waals surface area contributed by atoms with E-state index in [1.165, 1.54) is 17.9 Å². The van der Waals surface area contributed by atoms with E-state index in [-0.39, 0.29) is 35.4 Å². The van der Waals surface area contributed by atoms with Gasteiger partial charge in [-0.2, -0.15) is 0 Å². The van der Waals surface area contributed by atoms with Crippen molar-refractivity contribution in [2.24, 2.45) is 0 Å². The Hall–Kier alpha value is -3.70. The highest BCUT2D eigenvalue weighted by Crippen LogP contribution is 2.22. The maximum atomic E-state index is 13.3. The lowest BCUT2D eigenvalue weighted by molar-refractivity contribution is 0.102. The summed E-state index contributed by atoms with van der Waals surface area (Å²) in [7, 11) is 1.49. The molecule has 1 aliphatic rings. The van der Waals surface area contributed by atoms with Crippen molar-refractivity contribution >= 4 is 35.0 Å². The predicted molar refractivity (Wildman–Crippen MR) is 133 cm³/mol. The SMILES string of the molecule is COCCn1c(NC(=O)c2nc(N3CCCC3)ncc2Cl)c(NCc2ccccc2)c(=O)[nH]c1=O. The Bertz CT molecular complexity index is 1300. The van der Waals surface area contributed by atoms with E-state index < -0.39 is 17.2 Å². The fourth-order valence-corrected chi connectivity index (χ4v) is 3.98. The number of amides is 1. The summed E-state index contributed by atoms with van der Waals surface area (Å²) in [5.74, 6) is -0.270. The largest absolute Gasteiger partial charge is 0.383 e. The summed E-state index contributed by atoms with van der Waals surface area (Å²) in [4.78, 5) is 51.5. The van der Waals surface area contributed by atoms with Gasteiger partial charge in [0.05, 0.1) is 24.4 Å². The van der Waals surface area contributed by atoms with Gasteiger partial charge in [-0.05, 0) is 18.4 Å². The molecule has 0 radical (unpaired) electrons. The van der Waals surface area contributed by atoms with Crippen LogP contribution in [0.4, 0.5) is 17.5 Å². The maximum Gasteiger partial charge on any atom is 0.330 e. The molecule has 3 N–H and O–H groups in total. The molecule has 0 bridgehead atoms. The van der Waals surface area contributed by atoms with Crippen molar-refractivity contribution in [3.8, 4) is 0 Å². The predicted octanol–water partition coefficient (Wildman–Crippen LogP) is 2.09. The van der Waals surface area contributed by atoms with Gasteiger partial charge in [0, 0.05) is 26.7 Å². The highest BCUT2D eigenvalue weighted by Gasteiger charge is 2.23. The number of hydrogen-bond acceptors (Lipinski definition) is 8. The zero-order valence-corrected chi connectivity index (χ0v) is 20.0. The summed E-state index contributed by atoms with van der Waals surface area (Å²) in [6.45, 7) is 2.16. The minimum atomic E-state index is -0.681. The molecule has 0 atom stereocenters. The summed E-state index contributed by atoms with van der Waals surface area (Å²) >= 11 is 6.25. The van der Waals surface area contributed by atoms with Crippen molar-refractivity contribution in [3.63, 3.8) is 0 Å². The molecule has 0 aliphatic carbocycles. The summed E-state index contributed by atoms with van der Waals surface area (Å²) in [6, 6.07) is 9.41. The van der Waals surface area contributed by atoms with Gasteiger partial charge < -0.3 is 20.3 Å². The number of carbonyl (C=O) groups is 1.